The Morgan fingerprint density at radius 1 is 1.31 bits per heavy atom. The first kappa shape index (κ1) is 11.0. The average Bonchev–Trinajstić information content (AvgIpc) is 2.69. The van der Waals surface area contributed by atoms with E-state index in [2.05, 4.69) is 12.0 Å². The van der Waals surface area contributed by atoms with Gasteiger partial charge in [0.05, 0.1) is 12.2 Å². The van der Waals surface area contributed by atoms with Gasteiger partial charge in [-0.25, -0.2) is 4.68 Å². The van der Waals surface area contributed by atoms with Crippen molar-refractivity contribution in [2.75, 3.05) is 5.73 Å². The lowest BCUT2D eigenvalue weighted by Gasteiger charge is -2.17. The molecule has 1 aromatic carbocycles. The van der Waals surface area contributed by atoms with Crippen molar-refractivity contribution in [3.63, 3.8) is 0 Å². The zero-order chi connectivity index (χ0) is 11.5. The van der Waals surface area contributed by atoms with Gasteiger partial charge in [0.15, 0.2) is 0 Å². The molecule has 0 saturated heterocycles. The molecule has 0 amide bonds. The quantitative estimate of drug-likeness (QED) is 0.889. The summed E-state index contributed by atoms with van der Waals surface area (Å²) in [5.41, 5.74) is 7.03. The molecule has 2 aromatic rings. The summed E-state index contributed by atoms with van der Waals surface area (Å²) in [6, 6.07) is 9.78. The second-order valence-electron chi connectivity index (χ2n) is 3.68. The molecule has 3 nitrogen and oxygen atoms in total. The predicted molar refractivity (Wildman–Crippen MR) is 66.5 cm³/mol. The molecule has 0 bridgehead atoms. The number of hydrogen-bond donors (Lipinski definition) is 1. The van der Waals surface area contributed by atoms with Crippen LogP contribution in [-0.4, -0.2) is 9.78 Å². The number of nitrogen functional groups attached to an aromatic ring is 1. The van der Waals surface area contributed by atoms with Crippen molar-refractivity contribution in [3.8, 4) is 0 Å². The second-order valence-corrected chi connectivity index (χ2v) is 4.11. The first-order valence-electron chi connectivity index (χ1n) is 5.27. The molecule has 2 N–H and O–H groups in total. The molecule has 0 spiro atoms. The third kappa shape index (κ3) is 2.04. The van der Waals surface area contributed by atoms with Crippen LogP contribution in [0.2, 0.25) is 5.02 Å². The highest BCUT2D eigenvalue weighted by Gasteiger charge is 2.13. The Hall–Kier alpha value is -1.48. The maximum absolute atomic E-state index is 5.87. The standard InChI is InChI=1S/C12H14ClN3/c1-2-11(16-12(14)7-8-15-16)9-3-5-10(13)6-4-9/h3-8,11H,2,14H2,1H3. The van der Waals surface area contributed by atoms with E-state index in [1.165, 1.54) is 5.56 Å². The summed E-state index contributed by atoms with van der Waals surface area (Å²) in [6.45, 7) is 2.11. The van der Waals surface area contributed by atoms with Crippen molar-refractivity contribution < 1.29 is 0 Å². The van der Waals surface area contributed by atoms with E-state index in [-0.39, 0.29) is 6.04 Å². The number of nitrogens with zero attached hydrogens (tertiary/aromatic N) is 2. The minimum Gasteiger partial charge on any atom is -0.384 e. The second kappa shape index (κ2) is 4.58. The first-order valence-corrected chi connectivity index (χ1v) is 5.64. The van der Waals surface area contributed by atoms with Gasteiger partial charge in [-0.05, 0) is 30.2 Å². The number of anilines is 1. The van der Waals surface area contributed by atoms with Crippen LogP contribution in [0, 0.1) is 0 Å². The number of hydrogen-bond acceptors (Lipinski definition) is 2. The zero-order valence-corrected chi connectivity index (χ0v) is 9.85. The lowest BCUT2D eigenvalue weighted by atomic mass is 10.1. The van der Waals surface area contributed by atoms with Crippen LogP contribution in [-0.2, 0) is 0 Å². The third-order valence-corrected chi connectivity index (χ3v) is 2.89. The molecular formula is C12H14ClN3. The predicted octanol–water partition coefficient (Wildman–Crippen LogP) is 3.12. The fourth-order valence-electron chi connectivity index (χ4n) is 1.82. The molecule has 1 atom stereocenters. The molecule has 0 aliphatic heterocycles. The van der Waals surface area contributed by atoms with Crippen LogP contribution in [0.25, 0.3) is 0 Å². The summed E-state index contributed by atoms with van der Waals surface area (Å²) in [5.74, 6) is 0.682. The Balaban J connectivity index is 2.37. The minimum atomic E-state index is 0.173. The number of benzene rings is 1. The molecule has 0 aliphatic carbocycles. The van der Waals surface area contributed by atoms with Gasteiger partial charge in [-0.15, -0.1) is 0 Å². The third-order valence-electron chi connectivity index (χ3n) is 2.64. The van der Waals surface area contributed by atoms with Gasteiger partial charge in [-0.1, -0.05) is 30.7 Å². The minimum absolute atomic E-state index is 0.173. The van der Waals surface area contributed by atoms with Gasteiger partial charge in [0.1, 0.15) is 5.82 Å². The Kier molecular flexibility index (Phi) is 3.15. The average molecular weight is 236 g/mol. The summed E-state index contributed by atoms with van der Waals surface area (Å²) in [7, 11) is 0. The highest BCUT2D eigenvalue weighted by molar-refractivity contribution is 6.30. The molecule has 2 rings (SSSR count). The van der Waals surface area contributed by atoms with E-state index in [0.29, 0.717) is 5.82 Å². The van der Waals surface area contributed by atoms with Crippen molar-refractivity contribution in [1.29, 1.82) is 0 Å². The van der Waals surface area contributed by atoms with Crippen molar-refractivity contribution in [1.82, 2.24) is 9.78 Å². The van der Waals surface area contributed by atoms with Gasteiger partial charge in [-0.3, -0.25) is 0 Å². The molecule has 0 radical (unpaired) electrons. The summed E-state index contributed by atoms with van der Waals surface area (Å²) < 4.78 is 1.84. The van der Waals surface area contributed by atoms with Crippen LogP contribution in [0.15, 0.2) is 36.5 Å². The molecule has 16 heavy (non-hydrogen) atoms. The van der Waals surface area contributed by atoms with Crippen molar-refractivity contribution in [2.24, 2.45) is 0 Å². The fraction of sp³-hybridized carbons (Fsp3) is 0.250. The maximum Gasteiger partial charge on any atom is 0.122 e. The Morgan fingerprint density at radius 3 is 2.50 bits per heavy atom. The Bertz CT molecular complexity index is 461. The SMILES string of the molecule is CCC(c1ccc(Cl)cc1)n1nccc1N. The molecular weight excluding hydrogens is 222 g/mol. The van der Waals surface area contributed by atoms with Crippen molar-refractivity contribution in [3.05, 3.63) is 47.1 Å². The van der Waals surface area contributed by atoms with E-state index < -0.39 is 0 Å². The molecule has 1 heterocycles. The van der Waals surface area contributed by atoms with Crippen LogP contribution in [0.3, 0.4) is 0 Å². The summed E-state index contributed by atoms with van der Waals surface area (Å²) in [6.07, 6.45) is 2.65. The van der Waals surface area contributed by atoms with E-state index in [1.807, 2.05) is 28.9 Å². The maximum atomic E-state index is 5.87. The van der Waals surface area contributed by atoms with E-state index >= 15 is 0 Å². The van der Waals surface area contributed by atoms with Crippen molar-refractivity contribution >= 4 is 17.4 Å². The Labute approximate surface area is 99.8 Å². The van der Waals surface area contributed by atoms with Crippen LogP contribution in [0.5, 0.6) is 0 Å². The highest BCUT2D eigenvalue weighted by atomic mass is 35.5. The first-order chi connectivity index (χ1) is 7.72. The number of aromatic nitrogens is 2. The van der Waals surface area contributed by atoms with Gasteiger partial charge in [0, 0.05) is 5.02 Å². The van der Waals surface area contributed by atoms with Gasteiger partial charge in [0.2, 0.25) is 0 Å². The summed E-state index contributed by atoms with van der Waals surface area (Å²) >= 11 is 5.87. The number of rotatable bonds is 3. The zero-order valence-electron chi connectivity index (χ0n) is 9.10. The smallest absolute Gasteiger partial charge is 0.122 e. The van der Waals surface area contributed by atoms with E-state index in [1.54, 1.807) is 12.3 Å². The van der Waals surface area contributed by atoms with Crippen LogP contribution in [0.4, 0.5) is 5.82 Å². The molecule has 1 unspecified atom stereocenters. The van der Waals surface area contributed by atoms with Crippen LogP contribution in [0.1, 0.15) is 24.9 Å². The van der Waals surface area contributed by atoms with Gasteiger partial charge in [-0.2, -0.15) is 5.10 Å². The van der Waals surface area contributed by atoms with Gasteiger partial charge in [0.25, 0.3) is 0 Å². The monoisotopic (exact) mass is 235 g/mol. The normalized spacial score (nSPS) is 12.6. The van der Waals surface area contributed by atoms with Crippen LogP contribution >= 0.6 is 11.6 Å². The van der Waals surface area contributed by atoms with E-state index in [4.69, 9.17) is 17.3 Å². The lowest BCUT2D eigenvalue weighted by Crippen LogP contribution is -2.13. The number of nitrogens with two attached hydrogens (primary N) is 1. The largest absolute Gasteiger partial charge is 0.384 e. The van der Waals surface area contributed by atoms with Gasteiger partial charge < -0.3 is 5.73 Å². The lowest BCUT2D eigenvalue weighted by molar-refractivity contribution is 0.516. The molecule has 1 aromatic heterocycles. The molecule has 0 saturated carbocycles. The number of halogens is 1. The fourth-order valence-corrected chi connectivity index (χ4v) is 1.95. The Morgan fingerprint density at radius 2 is 2.00 bits per heavy atom. The van der Waals surface area contributed by atoms with Crippen molar-refractivity contribution in [2.45, 2.75) is 19.4 Å². The summed E-state index contributed by atoms with van der Waals surface area (Å²) in [5, 5.41) is 4.99. The molecule has 4 heteroatoms. The topological polar surface area (TPSA) is 43.8 Å². The van der Waals surface area contributed by atoms with Crippen LogP contribution < -0.4 is 5.73 Å². The molecule has 0 fully saturated rings. The highest BCUT2D eigenvalue weighted by Crippen LogP contribution is 2.24. The van der Waals surface area contributed by atoms with E-state index in [9.17, 15) is 0 Å². The van der Waals surface area contributed by atoms with E-state index in [0.717, 1.165) is 11.4 Å². The van der Waals surface area contributed by atoms with Gasteiger partial charge >= 0.3 is 0 Å². The molecule has 0 aliphatic rings. The summed E-state index contributed by atoms with van der Waals surface area (Å²) in [4.78, 5) is 0. The molecule has 84 valence electrons.